The molecule has 0 heterocycles. The van der Waals surface area contributed by atoms with Crippen LogP contribution >= 0.6 is 0 Å². The number of unbranched alkanes of at least 4 members (excludes halogenated alkanes) is 18. The molecule has 0 saturated heterocycles. The molecule has 0 aliphatic heterocycles. The second-order valence-corrected chi connectivity index (χ2v) is 13.3. The van der Waals surface area contributed by atoms with E-state index in [-0.39, 0.29) is 12.0 Å². The Balaban J connectivity index is 3.61. The molecule has 0 fully saturated rings. The summed E-state index contributed by atoms with van der Waals surface area (Å²) in [7, 11) is 0. The summed E-state index contributed by atoms with van der Waals surface area (Å²) in [6.07, 6.45) is 49.8. The lowest BCUT2D eigenvalue weighted by molar-refractivity contribution is -0.0541. The number of rotatable bonds is 36. The van der Waals surface area contributed by atoms with Crippen molar-refractivity contribution in [1.29, 1.82) is 0 Å². The minimum Gasteiger partial charge on any atom is -0.396 e. The molecule has 0 saturated carbocycles. The maximum absolute atomic E-state index is 10.1. The van der Waals surface area contributed by atoms with E-state index >= 15 is 0 Å². The van der Waals surface area contributed by atoms with Crippen molar-refractivity contribution < 1.29 is 14.6 Å². The van der Waals surface area contributed by atoms with Gasteiger partial charge in [-0.2, -0.15) is 0 Å². The van der Waals surface area contributed by atoms with E-state index in [1.807, 2.05) is 0 Å². The van der Waals surface area contributed by atoms with E-state index in [2.05, 4.69) is 69.4 Å². The highest BCUT2D eigenvalue weighted by molar-refractivity contribution is 4.93. The number of hydrogen-bond donors (Lipinski definition) is 1. The largest absolute Gasteiger partial charge is 0.396 e. The third-order valence-corrected chi connectivity index (χ3v) is 8.88. The Morgan fingerprint density at radius 2 is 0.756 bits per heavy atom. The maximum atomic E-state index is 10.1. The molecule has 0 aliphatic rings. The van der Waals surface area contributed by atoms with Gasteiger partial charge in [0.25, 0.3) is 0 Å². The SMILES string of the molecule is CCCCC/C=C\C/C=C\CCCCCCCCOCC(CC)(CO)COCCCCCCCC/C=C\C/C=C\CCCCC. The molecular formula is C42H78O3. The van der Waals surface area contributed by atoms with Crippen molar-refractivity contribution in [3.8, 4) is 0 Å². The van der Waals surface area contributed by atoms with Gasteiger partial charge >= 0.3 is 0 Å². The second kappa shape index (κ2) is 37.3. The smallest absolute Gasteiger partial charge is 0.0566 e. The van der Waals surface area contributed by atoms with Gasteiger partial charge in [0, 0.05) is 18.6 Å². The number of hydrogen-bond acceptors (Lipinski definition) is 3. The van der Waals surface area contributed by atoms with Gasteiger partial charge in [0.15, 0.2) is 0 Å². The van der Waals surface area contributed by atoms with Crippen LogP contribution in [0.3, 0.4) is 0 Å². The Morgan fingerprint density at radius 1 is 0.422 bits per heavy atom. The molecule has 0 radical (unpaired) electrons. The van der Waals surface area contributed by atoms with Crippen molar-refractivity contribution in [2.75, 3.05) is 33.0 Å². The Kier molecular flexibility index (Phi) is 36.3. The van der Waals surface area contributed by atoms with Gasteiger partial charge in [-0.05, 0) is 83.5 Å². The quantitative estimate of drug-likeness (QED) is 0.0553. The van der Waals surface area contributed by atoms with Crippen LogP contribution in [0.2, 0.25) is 0 Å². The van der Waals surface area contributed by atoms with E-state index in [0.29, 0.717) is 13.2 Å². The maximum Gasteiger partial charge on any atom is 0.0566 e. The first kappa shape index (κ1) is 43.8. The lowest BCUT2D eigenvalue weighted by Gasteiger charge is -2.30. The lowest BCUT2D eigenvalue weighted by Crippen LogP contribution is -2.36. The molecule has 0 aromatic carbocycles. The van der Waals surface area contributed by atoms with Crippen LogP contribution < -0.4 is 0 Å². The van der Waals surface area contributed by atoms with Crippen molar-refractivity contribution in [1.82, 2.24) is 0 Å². The summed E-state index contributed by atoms with van der Waals surface area (Å²) in [6.45, 7) is 9.59. The molecule has 0 bridgehead atoms. The van der Waals surface area contributed by atoms with E-state index in [4.69, 9.17) is 9.47 Å². The van der Waals surface area contributed by atoms with E-state index < -0.39 is 0 Å². The highest BCUT2D eigenvalue weighted by Gasteiger charge is 2.28. The number of allylic oxidation sites excluding steroid dienone is 8. The number of aliphatic hydroxyl groups is 1. The lowest BCUT2D eigenvalue weighted by atomic mass is 9.88. The third kappa shape index (κ3) is 32.6. The van der Waals surface area contributed by atoms with Crippen molar-refractivity contribution in [2.24, 2.45) is 5.41 Å². The standard InChI is InChI=1S/C42H78O3/c1-4-7-9-11-13-15-17-19-21-23-25-27-29-31-33-35-37-44-40-42(6-3,39-43)41-45-38-36-34-32-30-28-26-24-22-20-18-16-14-12-10-8-5-2/h13-16,19-22,43H,4-12,17-18,23-41H2,1-3H3/b15-13-,16-14-,21-19-,22-20-. The molecule has 0 aliphatic carbocycles. The van der Waals surface area contributed by atoms with Gasteiger partial charge in [-0.25, -0.2) is 0 Å². The highest BCUT2D eigenvalue weighted by Crippen LogP contribution is 2.23. The van der Waals surface area contributed by atoms with Crippen LogP contribution in [0.5, 0.6) is 0 Å². The van der Waals surface area contributed by atoms with Crippen LogP contribution in [0.15, 0.2) is 48.6 Å². The van der Waals surface area contributed by atoms with Gasteiger partial charge in [0.05, 0.1) is 19.8 Å². The summed E-state index contributed by atoms with van der Waals surface area (Å²) in [5, 5.41) is 10.1. The topological polar surface area (TPSA) is 38.7 Å². The summed E-state index contributed by atoms with van der Waals surface area (Å²) in [4.78, 5) is 0. The number of ether oxygens (including phenoxy) is 2. The zero-order valence-electron chi connectivity index (χ0n) is 30.6. The molecular weight excluding hydrogens is 552 g/mol. The third-order valence-electron chi connectivity index (χ3n) is 8.88. The van der Waals surface area contributed by atoms with E-state index in [1.54, 1.807) is 0 Å². The Morgan fingerprint density at radius 3 is 1.09 bits per heavy atom. The fraction of sp³-hybridized carbons (Fsp3) is 0.810. The van der Waals surface area contributed by atoms with Gasteiger partial charge in [0.1, 0.15) is 0 Å². The van der Waals surface area contributed by atoms with Crippen LogP contribution in [0.4, 0.5) is 0 Å². The van der Waals surface area contributed by atoms with Crippen molar-refractivity contribution in [3.63, 3.8) is 0 Å². The van der Waals surface area contributed by atoms with Gasteiger partial charge in [0.2, 0.25) is 0 Å². The van der Waals surface area contributed by atoms with E-state index in [9.17, 15) is 5.11 Å². The fourth-order valence-corrected chi connectivity index (χ4v) is 5.41. The normalized spacial score (nSPS) is 12.7. The molecule has 0 aromatic heterocycles. The first-order chi connectivity index (χ1) is 22.2. The molecule has 3 heteroatoms. The Labute approximate surface area is 282 Å². The van der Waals surface area contributed by atoms with Crippen molar-refractivity contribution in [3.05, 3.63) is 48.6 Å². The molecule has 3 nitrogen and oxygen atoms in total. The molecule has 0 unspecified atom stereocenters. The van der Waals surface area contributed by atoms with Crippen molar-refractivity contribution in [2.45, 2.75) is 181 Å². The summed E-state index contributed by atoms with van der Waals surface area (Å²) in [5.41, 5.74) is -0.253. The Bertz CT molecular complexity index is 619. The molecule has 0 amide bonds. The van der Waals surface area contributed by atoms with Gasteiger partial charge in [-0.1, -0.05) is 146 Å². The zero-order chi connectivity index (χ0) is 32.8. The van der Waals surface area contributed by atoms with Crippen LogP contribution in [0.1, 0.15) is 181 Å². The molecule has 45 heavy (non-hydrogen) atoms. The monoisotopic (exact) mass is 631 g/mol. The van der Waals surface area contributed by atoms with Crippen LogP contribution in [0, 0.1) is 5.41 Å². The highest BCUT2D eigenvalue weighted by atomic mass is 16.5. The fourth-order valence-electron chi connectivity index (χ4n) is 5.41. The second-order valence-electron chi connectivity index (χ2n) is 13.3. The van der Waals surface area contributed by atoms with Crippen LogP contribution in [-0.4, -0.2) is 38.1 Å². The molecule has 0 atom stereocenters. The molecule has 1 N–H and O–H groups in total. The first-order valence-electron chi connectivity index (χ1n) is 19.6. The van der Waals surface area contributed by atoms with E-state index in [0.717, 1.165) is 45.3 Å². The average Bonchev–Trinajstić information content (AvgIpc) is 3.06. The van der Waals surface area contributed by atoms with Gasteiger partial charge < -0.3 is 14.6 Å². The number of aliphatic hydroxyl groups excluding tert-OH is 1. The molecule has 264 valence electrons. The van der Waals surface area contributed by atoms with Gasteiger partial charge in [-0.15, -0.1) is 0 Å². The molecule has 0 aromatic rings. The summed E-state index contributed by atoms with van der Waals surface area (Å²) >= 11 is 0. The minimum absolute atomic E-state index is 0.136. The Hall–Kier alpha value is -1.16. The summed E-state index contributed by atoms with van der Waals surface area (Å²) in [6, 6.07) is 0. The van der Waals surface area contributed by atoms with Crippen LogP contribution in [0.25, 0.3) is 0 Å². The predicted molar refractivity (Wildman–Crippen MR) is 200 cm³/mol. The summed E-state index contributed by atoms with van der Waals surface area (Å²) in [5.74, 6) is 0. The first-order valence-corrected chi connectivity index (χ1v) is 19.6. The zero-order valence-corrected chi connectivity index (χ0v) is 30.6. The minimum atomic E-state index is -0.253. The van der Waals surface area contributed by atoms with Crippen molar-refractivity contribution >= 4 is 0 Å². The summed E-state index contributed by atoms with van der Waals surface area (Å²) < 4.78 is 12.0. The van der Waals surface area contributed by atoms with E-state index in [1.165, 1.54) is 128 Å². The average molecular weight is 631 g/mol. The predicted octanol–water partition coefficient (Wildman–Crippen LogP) is 13.0. The van der Waals surface area contributed by atoms with Crippen LogP contribution in [-0.2, 0) is 9.47 Å². The van der Waals surface area contributed by atoms with Gasteiger partial charge in [-0.3, -0.25) is 0 Å². The molecule has 0 spiro atoms. The molecule has 0 rings (SSSR count).